The van der Waals surface area contributed by atoms with E-state index in [1.807, 2.05) is 0 Å². The van der Waals surface area contributed by atoms with Gasteiger partial charge in [-0.15, -0.1) is 13.2 Å². The highest BCUT2D eigenvalue weighted by Crippen LogP contribution is 2.26. The highest BCUT2D eigenvalue weighted by Gasteiger charge is 2.30. The Morgan fingerprint density at radius 3 is 2.22 bits per heavy atom. The average Bonchev–Trinajstić information content (AvgIpc) is 2.60. The fourth-order valence-electron chi connectivity index (χ4n) is 2.12. The zero-order valence-corrected chi connectivity index (χ0v) is 14.1. The molecule has 0 aliphatic rings. The number of hydrogen-bond donors (Lipinski definition) is 0. The molecule has 142 valence electrons. The van der Waals surface area contributed by atoms with Crippen LogP contribution < -0.4 is 4.74 Å². The van der Waals surface area contributed by atoms with Gasteiger partial charge in [0.2, 0.25) is 0 Å². The predicted octanol–water partition coefficient (Wildman–Crippen LogP) is 6.53. The average molecular weight is 384 g/mol. The molecule has 0 fully saturated rings. The van der Waals surface area contributed by atoms with E-state index in [0.717, 1.165) is 18.2 Å². The Hall–Kier alpha value is -2.88. The van der Waals surface area contributed by atoms with Gasteiger partial charge in [-0.05, 0) is 42.8 Å². The Morgan fingerprint density at radius 2 is 1.67 bits per heavy atom. The zero-order valence-electron chi connectivity index (χ0n) is 14.1. The van der Waals surface area contributed by atoms with Gasteiger partial charge in [0.1, 0.15) is 17.4 Å². The molecular formula is C20H14F6O. The van der Waals surface area contributed by atoms with Gasteiger partial charge >= 0.3 is 6.36 Å². The molecule has 27 heavy (non-hydrogen) atoms. The molecule has 0 unspecified atom stereocenters. The lowest BCUT2D eigenvalue weighted by molar-refractivity contribution is -0.274. The summed E-state index contributed by atoms with van der Waals surface area (Å²) < 4.78 is 81.4. The van der Waals surface area contributed by atoms with Gasteiger partial charge in [0.25, 0.3) is 0 Å². The SMILES string of the molecule is CCCC(F)=C(F)c1ccc(C#Cc2ccc(OC(F)(F)F)cc2)c(F)c1. The van der Waals surface area contributed by atoms with Gasteiger partial charge in [-0.3, -0.25) is 0 Å². The number of ether oxygens (including phenoxy) is 1. The minimum absolute atomic E-state index is 0.0573. The fraction of sp³-hybridized carbons (Fsp3) is 0.200. The second-order valence-electron chi connectivity index (χ2n) is 5.49. The van der Waals surface area contributed by atoms with Crippen molar-refractivity contribution in [1.29, 1.82) is 0 Å². The lowest BCUT2D eigenvalue weighted by atomic mass is 10.1. The van der Waals surface area contributed by atoms with E-state index in [1.54, 1.807) is 6.92 Å². The van der Waals surface area contributed by atoms with Crippen molar-refractivity contribution in [2.45, 2.75) is 26.1 Å². The first-order valence-electron chi connectivity index (χ1n) is 7.91. The Morgan fingerprint density at radius 1 is 1.00 bits per heavy atom. The Kier molecular flexibility index (Phi) is 6.56. The molecule has 0 radical (unpaired) electrons. The highest BCUT2D eigenvalue weighted by atomic mass is 19.4. The highest BCUT2D eigenvalue weighted by molar-refractivity contribution is 5.62. The van der Waals surface area contributed by atoms with E-state index >= 15 is 0 Å². The summed E-state index contributed by atoms with van der Waals surface area (Å²) in [6, 6.07) is 7.97. The second-order valence-corrected chi connectivity index (χ2v) is 5.49. The van der Waals surface area contributed by atoms with Crippen molar-refractivity contribution in [2.24, 2.45) is 0 Å². The van der Waals surface area contributed by atoms with Gasteiger partial charge in [-0.2, -0.15) is 0 Å². The van der Waals surface area contributed by atoms with Gasteiger partial charge < -0.3 is 4.74 Å². The van der Waals surface area contributed by atoms with Crippen LogP contribution in [-0.4, -0.2) is 6.36 Å². The molecule has 0 saturated carbocycles. The first-order chi connectivity index (χ1) is 12.7. The van der Waals surface area contributed by atoms with Crippen LogP contribution in [0.4, 0.5) is 26.3 Å². The van der Waals surface area contributed by atoms with Crippen molar-refractivity contribution in [3.63, 3.8) is 0 Å². The van der Waals surface area contributed by atoms with E-state index in [4.69, 9.17) is 0 Å². The standard InChI is InChI=1S/C20H14F6O/c1-2-3-17(21)19(23)15-9-8-14(18(22)12-15)7-4-13-5-10-16(11-6-13)27-20(24,25)26/h5-6,8-12H,2-3H2,1H3. The minimum atomic E-state index is -4.79. The molecule has 0 heterocycles. The normalized spacial score (nSPS) is 12.1. The lowest BCUT2D eigenvalue weighted by Crippen LogP contribution is -2.16. The summed E-state index contributed by atoms with van der Waals surface area (Å²) in [5, 5.41) is 0. The molecule has 2 rings (SSSR count). The maximum absolute atomic E-state index is 14.1. The molecular weight excluding hydrogens is 370 g/mol. The van der Waals surface area contributed by atoms with E-state index < -0.39 is 29.6 Å². The molecule has 0 amide bonds. The Labute approximate surface area is 152 Å². The summed E-state index contributed by atoms with van der Waals surface area (Å²) >= 11 is 0. The molecule has 1 nitrogen and oxygen atoms in total. The van der Waals surface area contributed by atoms with E-state index in [1.165, 1.54) is 24.3 Å². The van der Waals surface area contributed by atoms with Crippen molar-refractivity contribution >= 4 is 5.83 Å². The monoisotopic (exact) mass is 384 g/mol. The van der Waals surface area contributed by atoms with E-state index in [0.29, 0.717) is 12.0 Å². The maximum Gasteiger partial charge on any atom is 0.573 e. The number of benzene rings is 2. The number of halogens is 6. The maximum atomic E-state index is 14.1. The molecule has 7 heteroatoms. The summed E-state index contributed by atoms with van der Waals surface area (Å²) in [5.41, 5.74) is 0.0452. The molecule has 2 aromatic carbocycles. The van der Waals surface area contributed by atoms with Gasteiger partial charge in [-0.25, -0.2) is 13.2 Å². The van der Waals surface area contributed by atoms with Crippen molar-refractivity contribution in [1.82, 2.24) is 0 Å². The summed E-state index contributed by atoms with van der Waals surface area (Å²) in [6.45, 7) is 1.69. The summed E-state index contributed by atoms with van der Waals surface area (Å²) in [7, 11) is 0. The largest absolute Gasteiger partial charge is 0.573 e. The summed E-state index contributed by atoms with van der Waals surface area (Å²) in [4.78, 5) is 0. The Balaban J connectivity index is 2.18. The van der Waals surface area contributed by atoms with E-state index in [9.17, 15) is 26.3 Å². The first-order valence-corrected chi connectivity index (χ1v) is 7.91. The van der Waals surface area contributed by atoms with Gasteiger partial charge in [0.15, 0.2) is 5.83 Å². The second kappa shape index (κ2) is 8.67. The first kappa shape index (κ1) is 20.4. The molecule has 2 aromatic rings. The molecule has 0 aliphatic carbocycles. The van der Waals surface area contributed by atoms with Gasteiger partial charge in [-0.1, -0.05) is 24.8 Å². The number of rotatable bonds is 4. The molecule has 0 spiro atoms. The van der Waals surface area contributed by atoms with Crippen LogP contribution in [0.5, 0.6) is 5.75 Å². The van der Waals surface area contributed by atoms with Crippen LogP contribution in [-0.2, 0) is 0 Å². The minimum Gasteiger partial charge on any atom is -0.406 e. The van der Waals surface area contributed by atoms with Crippen LogP contribution in [0.3, 0.4) is 0 Å². The topological polar surface area (TPSA) is 9.23 Å². The van der Waals surface area contributed by atoms with Crippen LogP contribution in [0.2, 0.25) is 0 Å². The molecule has 0 aliphatic heterocycles. The van der Waals surface area contributed by atoms with Crippen molar-refractivity contribution < 1.29 is 31.1 Å². The molecule has 0 saturated heterocycles. The number of alkyl halides is 3. The van der Waals surface area contributed by atoms with Crippen LogP contribution in [0.1, 0.15) is 36.5 Å². The zero-order chi connectivity index (χ0) is 20.0. The summed E-state index contributed by atoms with van der Waals surface area (Å²) in [6.07, 6.45) is -4.46. The quantitative estimate of drug-likeness (QED) is 0.430. The smallest absolute Gasteiger partial charge is 0.406 e. The third-order valence-electron chi connectivity index (χ3n) is 3.36. The van der Waals surface area contributed by atoms with Crippen LogP contribution in [0.25, 0.3) is 5.83 Å². The fourth-order valence-corrected chi connectivity index (χ4v) is 2.12. The Bertz CT molecular complexity index is 885. The van der Waals surface area contributed by atoms with Gasteiger partial charge in [0.05, 0.1) is 5.56 Å². The summed E-state index contributed by atoms with van der Waals surface area (Å²) in [5.74, 6) is 1.77. The third-order valence-corrected chi connectivity index (χ3v) is 3.36. The van der Waals surface area contributed by atoms with Crippen LogP contribution in [0, 0.1) is 17.7 Å². The number of hydrogen-bond acceptors (Lipinski definition) is 1. The van der Waals surface area contributed by atoms with E-state index in [2.05, 4.69) is 16.6 Å². The molecule has 0 atom stereocenters. The van der Waals surface area contributed by atoms with E-state index in [-0.39, 0.29) is 17.5 Å². The molecule has 0 N–H and O–H groups in total. The lowest BCUT2D eigenvalue weighted by Gasteiger charge is -2.08. The van der Waals surface area contributed by atoms with Crippen LogP contribution in [0.15, 0.2) is 48.3 Å². The number of allylic oxidation sites excluding steroid dienone is 1. The predicted molar refractivity (Wildman–Crippen MR) is 89.5 cm³/mol. The molecule has 0 aromatic heterocycles. The molecule has 0 bridgehead atoms. The van der Waals surface area contributed by atoms with Crippen molar-refractivity contribution in [2.75, 3.05) is 0 Å². The van der Waals surface area contributed by atoms with Gasteiger partial charge in [0, 0.05) is 17.5 Å². The van der Waals surface area contributed by atoms with Crippen molar-refractivity contribution in [3.05, 3.63) is 70.8 Å². The third kappa shape index (κ3) is 6.10. The van der Waals surface area contributed by atoms with Crippen molar-refractivity contribution in [3.8, 4) is 17.6 Å². The van der Waals surface area contributed by atoms with Crippen LogP contribution >= 0.6 is 0 Å².